The van der Waals surface area contributed by atoms with Gasteiger partial charge in [0.15, 0.2) is 5.52 Å². The van der Waals surface area contributed by atoms with E-state index in [9.17, 15) is 13.2 Å². The Bertz CT molecular complexity index is 1290. The van der Waals surface area contributed by atoms with Crippen molar-refractivity contribution in [3.63, 3.8) is 0 Å². The smallest absolute Gasteiger partial charge is 0.245 e. The van der Waals surface area contributed by atoms with Crippen LogP contribution in [0.1, 0.15) is 25.3 Å². The highest BCUT2D eigenvalue weighted by Crippen LogP contribution is 2.29. The molecule has 0 saturated carbocycles. The van der Waals surface area contributed by atoms with Crippen LogP contribution in [0, 0.1) is 12.8 Å². The minimum Gasteiger partial charge on any atom is -0.365 e. The van der Waals surface area contributed by atoms with Gasteiger partial charge >= 0.3 is 0 Å². The highest BCUT2D eigenvalue weighted by atomic mass is 32.2. The molecule has 3 heterocycles. The predicted octanol–water partition coefficient (Wildman–Crippen LogP) is 2.67. The van der Waals surface area contributed by atoms with Crippen molar-refractivity contribution in [3.05, 3.63) is 48.0 Å². The van der Waals surface area contributed by atoms with Crippen LogP contribution in [-0.2, 0) is 14.8 Å². The topological polar surface area (TPSA) is 99.8 Å². The SMILES string of the molecule is Cc1ccc(N2CCN(C(=O)C3CCCN(S(=O)(=O)c4cccc5nonc45)C3)CC2C)cc1. The number of fused-ring (bicyclic) bond motifs is 1. The van der Waals surface area contributed by atoms with E-state index in [4.69, 9.17) is 4.63 Å². The van der Waals surface area contributed by atoms with Crippen LogP contribution in [0.4, 0.5) is 5.69 Å². The van der Waals surface area contributed by atoms with Gasteiger partial charge in [-0.25, -0.2) is 13.0 Å². The second-order valence-corrected chi connectivity index (χ2v) is 11.2. The maximum atomic E-state index is 13.4. The third-order valence-electron chi connectivity index (χ3n) is 6.90. The first-order valence-corrected chi connectivity index (χ1v) is 13.1. The van der Waals surface area contributed by atoms with E-state index in [1.54, 1.807) is 12.1 Å². The first-order chi connectivity index (χ1) is 16.3. The van der Waals surface area contributed by atoms with E-state index in [0.717, 1.165) is 12.2 Å². The number of nitrogens with zero attached hydrogens (tertiary/aromatic N) is 5. The summed E-state index contributed by atoms with van der Waals surface area (Å²) < 4.78 is 33.0. The van der Waals surface area contributed by atoms with Crippen molar-refractivity contribution in [2.75, 3.05) is 37.6 Å². The van der Waals surface area contributed by atoms with Crippen LogP contribution in [-0.4, -0.2) is 72.6 Å². The summed E-state index contributed by atoms with van der Waals surface area (Å²) in [6.45, 7) is 6.76. The molecule has 0 bridgehead atoms. The third kappa shape index (κ3) is 4.16. The van der Waals surface area contributed by atoms with E-state index in [-0.39, 0.29) is 34.8 Å². The number of hydrogen-bond donors (Lipinski definition) is 0. The average Bonchev–Trinajstić information content (AvgIpc) is 3.33. The second-order valence-electron chi connectivity index (χ2n) is 9.25. The molecule has 2 fully saturated rings. The Morgan fingerprint density at radius 2 is 1.82 bits per heavy atom. The Morgan fingerprint density at radius 3 is 2.59 bits per heavy atom. The summed E-state index contributed by atoms with van der Waals surface area (Å²) in [7, 11) is -3.82. The minimum absolute atomic E-state index is 0.0385. The Kier molecular flexibility index (Phi) is 6.03. The molecule has 2 unspecified atom stereocenters. The van der Waals surface area contributed by atoms with Gasteiger partial charge < -0.3 is 9.80 Å². The molecule has 2 aliphatic rings. The molecule has 0 N–H and O–H groups in total. The lowest BCUT2D eigenvalue weighted by Gasteiger charge is -2.43. The quantitative estimate of drug-likeness (QED) is 0.562. The van der Waals surface area contributed by atoms with Crippen molar-refractivity contribution < 1.29 is 17.8 Å². The molecule has 34 heavy (non-hydrogen) atoms. The van der Waals surface area contributed by atoms with Crippen molar-refractivity contribution in [3.8, 4) is 0 Å². The molecule has 5 rings (SSSR count). The molecule has 10 heteroatoms. The number of sulfonamides is 1. The van der Waals surface area contributed by atoms with Gasteiger partial charge in [0.2, 0.25) is 15.9 Å². The Labute approximate surface area is 199 Å². The lowest BCUT2D eigenvalue weighted by Crippen LogP contribution is -2.56. The summed E-state index contributed by atoms with van der Waals surface area (Å²) >= 11 is 0. The van der Waals surface area contributed by atoms with Crippen LogP contribution in [0.5, 0.6) is 0 Å². The summed E-state index contributed by atoms with van der Waals surface area (Å²) in [6, 6.07) is 13.4. The number of aryl methyl sites for hydroxylation is 1. The molecule has 2 saturated heterocycles. The molecule has 0 aliphatic carbocycles. The highest BCUT2D eigenvalue weighted by molar-refractivity contribution is 7.89. The van der Waals surface area contributed by atoms with E-state index in [0.29, 0.717) is 38.0 Å². The van der Waals surface area contributed by atoms with Crippen molar-refractivity contribution in [2.45, 2.75) is 37.6 Å². The number of benzene rings is 2. The number of carbonyl (C=O) groups is 1. The van der Waals surface area contributed by atoms with E-state index >= 15 is 0 Å². The van der Waals surface area contributed by atoms with Crippen molar-refractivity contribution in [1.29, 1.82) is 0 Å². The summed E-state index contributed by atoms with van der Waals surface area (Å²) in [6.07, 6.45) is 1.33. The maximum Gasteiger partial charge on any atom is 0.245 e. The molecule has 3 aromatic rings. The molecule has 2 aliphatic heterocycles. The van der Waals surface area contributed by atoms with Crippen LogP contribution in [0.15, 0.2) is 52.0 Å². The zero-order chi connectivity index (χ0) is 23.9. The zero-order valence-electron chi connectivity index (χ0n) is 19.4. The number of piperazine rings is 1. The number of rotatable bonds is 4. The molecule has 2 atom stereocenters. The van der Waals surface area contributed by atoms with Gasteiger partial charge in [-0.1, -0.05) is 23.8 Å². The summed E-state index contributed by atoms with van der Waals surface area (Å²) in [5.74, 6) is -0.312. The van der Waals surface area contributed by atoms with E-state index in [2.05, 4.69) is 53.3 Å². The number of amides is 1. The standard InChI is InChI=1S/C24H29N5O4S/c1-17-8-10-20(11-9-17)29-14-13-27(15-18(29)2)24(30)19-5-4-12-28(16-19)34(31,32)22-7-3-6-21-23(22)26-33-25-21/h3,6-11,18-19H,4-5,12-16H2,1-2H3. The highest BCUT2D eigenvalue weighted by Gasteiger charge is 2.37. The fourth-order valence-electron chi connectivity index (χ4n) is 5.03. The number of anilines is 1. The van der Waals surface area contributed by atoms with Gasteiger partial charge in [0.05, 0.1) is 5.92 Å². The zero-order valence-corrected chi connectivity index (χ0v) is 20.2. The maximum absolute atomic E-state index is 13.4. The van der Waals surface area contributed by atoms with Gasteiger partial charge in [0.25, 0.3) is 0 Å². The fraction of sp³-hybridized carbons (Fsp3) is 0.458. The lowest BCUT2D eigenvalue weighted by atomic mass is 9.97. The number of piperidine rings is 1. The third-order valence-corrected chi connectivity index (χ3v) is 8.80. The van der Waals surface area contributed by atoms with Crippen LogP contribution < -0.4 is 4.90 Å². The Hall–Kier alpha value is -2.98. The van der Waals surface area contributed by atoms with Crippen LogP contribution in [0.3, 0.4) is 0 Å². The molecule has 1 amide bonds. The van der Waals surface area contributed by atoms with E-state index in [1.807, 2.05) is 4.90 Å². The van der Waals surface area contributed by atoms with Crippen LogP contribution in [0.2, 0.25) is 0 Å². The average molecular weight is 484 g/mol. The van der Waals surface area contributed by atoms with Gasteiger partial charge in [0.1, 0.15) is 10.4 Å². The number of hydrogen-bond acceptors (Lipinski definition) is 7. The van der Waals surface area contributed by atoms with Gasteiger partial charge in [-0.15, -0.1) is 0 Å². The van der Waals surface area contributed by atoms with Gasteiger partial charge in [-0.05, 0) is 61.3 Å². The molecule has 0 spiro atoms. The monoisotopic (exact) mass is 483 g/mol. The van der Waals surface area contributed by atoms with Crippen LogP contribution in [0.25, 0.3) is 11.0 Å². The van der Waals surface area contributed by atoms with Crippen LogP contribution >= 0.6 is 0 Å². The van der Waals surface area contributed by atoms with Crippen molar-refractivity contribution >= 4 is 32.7 Å². The van der Waals surface area contributed by atoms with Gasteiger partial charge in [-0.2, -0.15) is 4.31 Å². The molecule has 2 aromatic carbocycles. The molecular formula is C24H29N5O4S. The largest absolute Gasteiger partial charge is 0.365 e. The van der Waals surface area contributed by atoms with E-state index in [1.165, 1.54) is 15.9 Å². The Morgan fingerprint density at radius 1 is 1.03 bits per heavy atom. The molecule has 9 nitrogen and oxygen atoms in total. The normalized spacial score (nSPS) is 22.3. The van der Waals surface area contributed by atoms with Crippen molar-refractivity contribution in [2.24, 2.45) is 5.92 Å². The summed E-state index contributed by atoms with van der Waals surface area (Å²) in [5, 5.41) is 7.53. The van der Waals surface area contributed by atoms with Crippen molar-refractivity contribution in [1.82, 2.24) is 19.5 Å². The predicted molar refractivity (Wildman–Crippen MR) is 128 cm³/mol. The molecular weight excluding hydrogens is 454 g/mol. The fourth-order valence-corrected chi connectivity index (χ4v) is 6.69. The number of aromatic nitrogens is 2. The summed E-state index contributed by atoms with van der Waals surface area (Å²) in [4.78, 5) is 17.7. The Balaban J connectivity index is 1.28. The molecule has 0 radical (unpaired) electrons. The van der Waals surface area contributed by atoms with Gasteiger partial charge in [0, 0.05) is 44.5 Å². The van der Waals surface area contributed by atoms with Gasteiger partial charge in [-0.3, -0.25) is 4.79 Å². The summed E-state index contributed by atoms with van der Waals surface area (Å²) in [5.41, 5.74) is 3.00. The van der Waals surface area contributed by atoms with E-state index < -0.39 is 10.0 Å². The number of carbonyl (C=O) groups excluding carboxylic acids is 1. The molecule has 180 valence electrons. The first kappa shape index (κ1) is 22.8. The minimum atomic E-state index is -3.82. The lowest BCUT2D eigenvalue weighted by molar-refractivity contribution is -0.137. The second kappa shape index (κ2) is 8.99. The first-order valence-electron chi connectivity index (χ1n) is 11.7. The molecule has 1 aromatic heterocycles.